The van der Waals surface area contributed by atoms with Crippen molar-refractivity contribution in [3.63, 3.8) is 0 Å². The Kier molecular flexibility index (Phi) is 3.28. The Morgan fingerprint density at radius 2 is 1.82 bits per heavy atom. The molecule has 0 bridgehead atoms. The number of aliphatic hydroxyl groups excluding tert-OH is 1. The minimum atomic E-state index is -0.271. The van der Waals surface area contributed by atoms with Crippen LogP contribution in [-0.2, 0) is 0 Å². The van der Waals surface area contributed by atoms with Gasteiger partial charge >= 0.3 is 0 Å². The molecule has 1 aliphatic heterocycles. The molecule has 0 spiro atoms. The molecule has 94 valence electrons. The zero-order chi connectivity index (χ0) is 12.6. The third-order valence-corrected chi connectivity index (χ3v) is 3.69. The van der Waals surface area contributed by atoms with E-state index in [9.17, 15) is 5.11 Å². The second kappa shape index (κ2) is 4.43. The van der Waals surface area contributed by atoms with Crippen LogP contribution in [0.3, 0.4) is 0 Å². The summed E-state index contributed by atoms with van der Waals surface area (Å²) in [6, 6.07) is 11.2. The van der Waals surface area contributed by atoms with Crippen LogP contribution in [0.15, 0.2) is 30.3 Å². The van der Waals surface area contributed by atoms with Gasteiger partial charge in [-0.3, -0.25) is 4.90 Å². The van der Waals surface area contributed by atoms with Gasteiger partial charge in [0.15, 0.2) is 0 Å². The summed E-state index contributed by atoms with van der Waals surface area (Å²) >= 11 is 0. The molecule has 4 atom stereocenters. The van der Waals surface area contributed by atoms with E-state index in [1.807, 2.05) is 6.07 Å². The first-order valence-electron chi connectivity index (χ1n) is 6.45. The lowest BCUT2D eigenvalue weighted by Crippen LogP contribution is -2.33. The zero-order valence-electron chi connectivity index (χ0n) is 11.2. The molecule has 1 N–H and O–H groups in total. The van der Waals surface area contributed by atoms with Gasteiger partial charge in [0.1, 0.15) is 0 Å². The van der Waals surface area contributed by atoms with Crippen molar-refractivity contribution in [3.8, 4) is 0 Å². The molecule has 0 saturated carbocycles. The van der Waals surface area contributed by atoms with Gasteiger partial charge in [0.05, 0.1) is 18.2 Å². The molecule has 2 nitrogen and oxygen atoms in total. The molecule has 1 aromatic rings. The topological polar surface area (TPSA) is 23.2 Å². The Morgan fingerprint density at radius 1 is 1.24 bits per heavy atom. The Bertz CT molecular complexity index is 368. The Balaban J connectivity index is 2.16. The van der Waals surface area contributed by atoms with Crippen LogP contribution in [0.5, 0.6) is 0 Å². The van der Waals surface area contributed by atoms with Crippen molar-refractivity contribution in [1.29, 1.82) is 0 Å². The Hall–Kier alpha value is -0.860. The lowest BCUT2D eigenvalue weighted by atomic mass is 9.85. The predicted molar refractivity (Wildman–Crippen MR) is 70.8 cm³/mol. The molecule has 0 radical (unpaired) electrons. The quantitative estimate of drug-likeness (QED) is 0.811. The fraction of sp³-hybridized carbons (Fsp3) is 0.600. The third-order valence-electron chi connectivity index (χ3n) is 3.69. The summed E-state index contributed by atoms with van der Waals surface area (Å²) in [7, 11) is 0. The first kappa shape index (κ1) is 12.6. The van der Waals surface area contributed by atoms with Crippen molar-refractivity contribution in [2.45, 2.75) is 45.9 Å². The van der Waals surface area contributed by atoms with E-state index in [2.05, 4.69) is 56.9 Å². The number of likely N-dealkylation sites (N-methyl/N-ethyl adjacent to an activating group) is 1. The van der Waals surface area contributed by atoms with Gasteiger partial charge in [-0.25, -0.2) is 0 Å². The van der Waals surface area contributed by atoms with Crippen molar-refractivity contribution in [3.05, 3.63) is 35.9 Å². The molecule has 2 rings (SSSR count). The van der Waals surface area contributed by atoms with Crippen molar-refractivity contribution < 1.29 is 5.11 Å². The molecule has 1 fully saturated rings. The summed E-state index contributed by atoms with van der Waals surface area (Å²) in [5.74, 6) is 0. The van der Waals surface area contributed by atoms with E-state index in [1.165, 1.54) is 5.56 Å². The van der Waals surface area contributed by atoms with Crippen LogP contribution in [0.25, 0.3) is 0 Å². The van der Waals surface area contributed by atoms with E-state index in [0.29, 0.717) is 6.04 Å². The zero-order valence-corrected chi connectivity index (χ0v) is 11.2. The summed E-state index contributed by atoms with van der Waals surface area (Å²) in [6.07, 6.45) is -0.271. The van der Waals surface area contributed by atoms with E-state index in [-0.39, 0.29) is 17.6 Å². The highest BCUT2D eigenvalue weighted by atomic mass is 16.3. The van der Waals surface area contributed by atoms with Crippen LogP contribution >= 0.6 is 0 Å². The van der Waals surface area contributed by atoms with Crippen LogP contribution in [-0.4, -0.2) is 28.7 Å². The van der Waals surface area contributed by atoms with Crippen LogP contribution < -0.4 is 0 Å². The monoisotopic (exact) mass is 233 g/mol. The van der Waals surface area contributed by atoms with Crippen molar-refractivity contribution in [1.82, 2.24) is 4.90 Å². The second-order valence-electron chi connectivity index (χ2n) is 5.99. The first-order chi connectivity index (χ1) is 7.96. The van der Waals surface area contributed by atoms with Gasteiger partial charge in [-0.1, -0.05) is 58.0 Å². The van der Waals surface area contributed by atoms with Gasteiger partial charge in [-0.2, -0.15) is 0 Å². The second-order valence-corrected chi connectivity index (χ2v) is 5.99. The highest BCUT2D eigenvalue weighted by molar-refractivity contribution is 5.28. The Labute approximate surface area is 104 Å². The van der Waals surface area contributed by atoms with E-state index in [4.69, 9.17) is 0 Å². The predicted octanol–water partition coefficient (Wildman–Crippen LogP) is 2.84. The lowest BCUT2D eigenvalue weighted by molar-refractivity contribution is 0.0506. The van der Waals surface area contributed by atoms with E-state index in [0.717, 1.165) is 6.54 Å². The molecule has 1 heterocycles. The van der Waals surface area contributed by atoms with Gasteiger partial charge in [-0.05, 0) is 17.5 Å². The third kappa shape index (κ3) is 2.38. The van der Waals surface area contributed by atoms with Gasteiger partial charge in [-0.15, -0.1) is 0 Å². The maximum atomic E-state index is 10.4. The van der Waals surface area contributed by atoms with E-state index >= 15 is 0 Å². The highest BCUT2D eigenvalue weighted by Gasteiger charge is 2.53. The summed E-state index contributed by atoms with van der Waals surface area (Å²) in [6.45, 7) is 9.46. The van der Waals surface area contributed by atoms with Crippen molar-refractivity contribution in [2.75, 3.05) is 6.54 Å². The van der Waals surface area contributed by atoms with Crippen molar-refractivity contribution in [2.24, 2.45) is 5.41 Å². The maximum absolute atomic E-state index is 10.4. The maximum Gasteiger partial charge on any atom is 0.0762 e. The molecule has 0 aromatic heterocycles. The molecule has 1 aliphatic rings. The first-order valence-corrected chi connectivity index (χ1v) is 6.45. The normalized spacial score (nSPS) is 30.1. The summed E-state index contributed by atoms with van der Waals surface area (Å²) in [5, 5.41) is 10.4. The van der Waals surface area contributed by atoms with Crippen LogP contribution in [0.2, 0.25) is 0 Å². The lowest BCUT2D eigenvalue weighted by Gasteiger charge is -2.25. The van der Waals surface area contributed by atoms with Gasteiger partial charge in [0.2, 0.25) is 0 Å². The highest BCUT2D eigenvalue weighted by Crippen LogP contribution is 2.47. The average molecular weight is 233 g/mol. The summed E-state index contributed by atoms with van der Waals surface area (Å²) in [4.78, 5) is 2.37. The van der Waals surface area contributed by atoms with Crippen LogP contribution in [0, 0.1) is 5.41 Å². The van der Waals surface area contributed by atoms with Crippen molar-refractivity contribution >= 4 is 0 Å². The molecule has 1 saturated heterocycles. The largest absolute Gasteiger partial charge is 0.391 e. The minimum Gasteiger partial charge on any atom is -0.391 e. The minimum absolute atomic E-state index is 0.0540. The number of hydrogen-bond donors (Lipinski definition) is 1. The molecular weight excluding hydrogens is 210 g/mol. The van der Waals surface area contributed by atoms with Crippen LogP contribution in [0.4, 0.5) is 0 Å². The Morgan fingerprint density at radius 3 is 2.29 bits per heavy atom. The number of nitrogens with zero attached hydrogens (tertiary/aromatic N) is 1. The van der Waals surface area contributed by atoms with Crippen LogP contribution in [0.1, 0.15) is 39.3 Å². The van der Waals surface area contributed by atoms with Gasteiger partial charge in [0, 0.05) is 0 Å². The molecule has 17 heavy (non-hydrogen) atoms. The molecule has 2 unspecified atom stereocenters. The van der Waals surface area contributed by atoms with E-state index in [1.54, 1.807) is 0 Å². The molecule has 0 aliphatic carbocycles. The number of aliphatic hydroxyl groups is 1. The standard InChI is InChI=1S/C15H23NO/c1-5-16-12(11-9-7-6-8-10-11)13(16)14(17)15(2,3)4/h6-10,12-14,17H,5H2,1-4H3/t12-,13-,14?,16?/m0/s1. The number of benzene rings is 1. The number of rotatable bonds is 3. The smallest absolute Gasteiger partial charge is 0.0762 e. The molecule has 2 heteroatoms. The van der Waals surface area contributed by atoms with Gasteiger partial charge in [0.25, 0.3) is 0 Å². The molecule has 1 aromatic carbocycles. The van der Waals surface area contributed by atoms with Gasteiger partial charge < -0.3 is 5.11 Å². The summed E-state index contributed by atoms with van der Waals surface area (Å²) in [5.41, 5.74) is 1.27. The fourth-order valence-corrected chi connectivity index (χ4v) is 2.61. The fourth-order valence-electron chi connectivity index (χ4n) is 2.61. The molecule has 0 amide bonds. The summed E-state index contributed by atoms with van der Waals surface area (Å²) < 4.78 is 0. The molecular formula is C15H23NO. The SMILES string of the molecule is CCN1[C@H](C(O)C(C)(C)C)[C@@H]1c1ccccc1. The average Bonchev–Trinajstić information content (AvgIpc) is 3.02. The van der Waals surface area contributed by atoms with E-state index < -0.39 is 0 Å². The number of hydrogen-bond acceptors (Lipinski definition) is 2.